The van der Waals surface area contributed by atoms with Crippen LogP contribution in [-0.4, -0.2) is 61.8 Å². The van der Waals surface area contributed by atoms with Gasteiger partial charge in [-0.1, -0.05) is 12.1 Å². The Morgan fingerprint density at radius 2 is 1.84 bits per heavy atom. The first kappa shape index (κ1) is 23.4. The molecule has 1 fully saturated rings. The van der Waals surface area contributed by atoms with Gasteiger partial charge in [0.25, 0.3) is 5.91 Å². The molecule has 172 valence electrons. The molecule has 3 rings (SSSR count). The number of hydrogen-bond donors (Lipinski definition) is 3. The third kappa shape index (κ3) is 5.50. The van der Waals surface area contributed by atoms with Crippen LogP contribution in [0.1, 0.15) is 11.6 Å². The van der Waals surface area contributed by atoms with E-state index < -0.39 is 33.8 Å². The number of nitrogens with zero attached hydrogens (tertiary/aromatic N) is 1. The van der Waals surface area contributed by atoms with Crippen LogP contribution in [0.5, 0.6) is 5.75 Å². The zero-order valence-corrected chi connectivity index (χ0v) is 19.2. The van der Waals surface area contributed by atoms with Crippen LogP contribution in [0.3, 0.4) is 0 Å². The minimum absolute atomic E-state index is 0.0590. The first-order valence-electron chi connectivity index (χ1n) is 9.83. The minimum Gasteiger partial charge on any atom is -0.497 e. The molecule has 1 aliphatic heterocycles. The van der Waals surface area contributed by atoms with E-state index in [1.165, 1.54) is 18.1 Å². The minimum atomic E-state index is -1.27. The van der Waals surface area contributed by atoms with E-state index in [-0.39, 0.29) is 24.8 Å². The molecule has 1 heterocycles. The normalized spacial score (nSPS) is 15.0. The molecule has 4 amide bonds. The van der Waals surface area contributed by atoms with Gasteiger partial charge in [-0.3, -0.25) is 14.5 Å². The Hall–Kier alpha value is -3.27. The van der Waals surface area contributed by atoms with E-state index in [2.05, 4.69) is 16.0 Å². The van der Waals surface area contributed by atoms with Crippen molar-refractivity contribution in [3.63, 3.8) is 0 Å². The summed E-state index contributed by atoms with van der Waals surface area (Å²) in [5.41, 5.74) is 0.789. The number of ether oxygens (including phenoxy) is 1. The molecule has 8 nitrogen and oxygen atoms in total. The summed E-state index contributed by atoms with van der Waals surface area (Å²) in [5, 5.41) is 7.87. The van der Waals surface area contributed by atoms with Crippen molar-refractivity contribution in [1.82, 2.24) is 15.5 Å². The first-order chi connectivity index (χ1) is 15.1. The Morgan fingerprint density at radius 3 is 2.38 bits per heavy atom. The molecule has 2 aromatic carbocycles. The van der Waals surface area contributed by atoms with E-state index in [0.29, 0.717) is 16.2 Å². The van der Waals surface area contributed by atoms with E-state index in [1.807, 2.05) is 18.8 Å². The molecule has 32 heavy (non-hydrogen) atoms. The number of urea groups is 1. The summed E-state index contributed by atoms with van der Waals surface area (Å²) in [6, 6.07) is 9.60. The van der Waals surface area contributed by atoms with Gasteiger partial charge in [0.1, 0.15) is 24.2 Å². The molecular weight excluding hydrogens is 435 g/mol. The van der Waals surface area contributed by atoms with Crippen LogP contribution >= 0.6 is 10.0 Å². The molecule has 0 spiro atoms. The highest BCUT2D eigenvalue weighted by Gasteiger charge is 2.29. The summed E-state index contributed by atoms with van der Waals surface area (Å²) in [7, 11) is 0.254. The Morgan fingerprint density at radius 1 is 1.16 bits per heavy atom. The lowest BCUT2D eigenvalue weighted by atomic mass is 10.1. The highest BCUT2D eigenvalue weighted by atomic mass is 32.3. The molecule has 10 heteroatoms. The Balaban J connectivity index is 1.83. The third-order valence-electron chi connectivity index (χ3n) is 4.93. The molecule has 0 bridgehead atoms. The smallest absolute Gasteiger partial charge is 0.320 e. The zero-order chi connectivity index (χ0) is 23.5. The molecular formula is C22H27FN4O4S. The third-order valence-corrected chi connectivity index (χ3v) is 6.58. The number of nitrogens with one attached hydrogen (secondary N) is 3. The average molecular weight is 463 g/mol. The van der Waals surface area contributed by atoms with Crippen molar-refractivity contribution < 1.29 is 23.5 Å². The second-order valence-electron chi connectivity index (χ2n) is 8.08. The van der Waals surface area contributed by atoms with Crippen molar-refractivity contribution in [2.45, 2.75) is 10.9 Å². The maximum absolute atomic E-state index is 14.6. The number of halogens is 1. The second-order valence-corrected chi connectivity index (χ2v) is 12.2. The van der Waals surface area contributed by atoms with E-state index in [4.69, 9.17) is 4.74 Å². The lowest BCUT2D eigenvalue weighted by molar-refractivity contribution is -0.118. The Labute approximate surface area is 187 Å². The number of amides is 4. The predicted molar refractivity (Wildman–Crippen MR) is 123 cm³/mol. The number of methoxy groups -OCH3 is 1. The molecule has 2 aromatic rings. The largest absolute Gasteiger partial charge is 0.497 e. The topological polar surface area (TPSA) is 99.8 Å². The van der Waals surface area contributed by atoms with Gasteiger partial charge in [-0.15, -0.1) is 0 Å². The maximum Gasteiger partial charge on any atom is 0.320 e. The van der Waals surface area contributed by atoms with Crippen molar-refractivity contribution in [2.75, 3.05) is 44.4 Å². The van der Waals surface area contributed by atoms with Gasteiger partial charge in [0, 0.05) is 10.6 Å². The summed E-state index contributed by atoms with van der Waals surface area (Å²) in [5.74, 6) is -0.618. The van der Waals surface area contributed by atoms with Gasteiger partial charge in [-0.2, -0.15) is 0 Å². The van der Waals surface area contributed by atoms with Gasteiger partial charge in [-0.25, -0.2) is 19.2 Å². The molecule has 0 aliphatic carbocycles. The van der Waals surface area contributed by atoms with Crippen LogP contribution in [-0.2, 0) is 9.59 Å². The molecule has 1 saturated heterocycles. The average Bonchev–Trinajstić information content (AvgIpc) is 3.17. The summed E-state index contributed by atoms with van der Waals surface area (Å²) < 4.78 is 19.7. The van der Waals surface area contributed by atoms with E-state index in [0.717, 1.165) is 0 Å². The van der Waals surface area contributed by atoms with Crippen LogP contribution in [0, 0.1) is 5.82 Å². The van der Waals surface area contributed by atoms with Crippen molar-refractivity contribution in [3.8, 4) is 5.75 Å². The number of carbonyl (C=O) groups is 3. The van der Waals surface area contributed by atoms with Crippen LogP contribution < -0.4 is 20.7 Å². The maximum atomic E-state index is 14.6. The molecule has 0 saturated carbocycles. The SMILES string of the molecule is COc1ccc([C@@H](NC(=O)N2CNC(=O)C2)C(=O)Nc2ccc(S(C)(C)C)c(F)c2)cc1. The van der Waals surface area contributed by atoms with Crippen molar-refractivity contribution in [2.24, 2.45) is 0 Å². The van der Waals surface area contributed by atoms with Gasteiger partial charge >= 0.3 is 6.03 Å². The van der Waals surface area contributed by atoms with E-state index >= 15 is 0 Å². The molecule has 0 unspecified atom stereocenters. The van der Waals surface area contributed by atoms with Crippen molar-refractivity contribution >= 4 is 33.6 Å². The summed E-state index contributed by atoms with van der Waals surface area (Å²) >= 11 is 0. The Bertz CT molecular complexity index is 1020. The summed E-state index contributed by atoms with van der Waals surface area (Å²) in [4.78, 5) is 39.0. The lowest BCUT2D eigenvalue weighted by Gasteiger charge is -2.26. The first-order valence-corrected chi connectivity index (χ1v) is 12.7. The number of hydrogen-bond acceptors (Lipinski definition) is 4. The quantitative estimate of drug-likeness (QED) is 0.615. The van der Waals surface area contributed by atoms with E-state index in [9.17, 15) is 18.8 Å². The fourth-order valence-corrected chi connectivity index (χ4v) is 4.33. The van der Waals surface area contributed by atoms with Gasteiger partial charge in [0.05, 0.1) is 13.8 Å². The molecule has 1 atom stereocenters. The zero-order valence-electron chi connectivity index (χ0n) is 18.4. The molecule has 0 radical (unpaired) electrons. The summed E-state index contributed by atoms with van der Waals surface area (Å²) in [6.07, 6.45) is 5.95. The van der Waals surface area contributed by atoms with Gasteiger partial charge in [0.15, 0.2) is 0 Å². The molecule has 3 N–H and O–H groups in total. The standard InChI is InChI=1S/C22H27FN4O4S/c1-31-16-8-5-14(6-9-16)20(26-22(30)27-12-19(28)24-13-27)21(29)25-15-7-10-18(17(23)11-15)32(2,3)4/h5-11,20H,12-13H2,1-4H3,(H,24,28)(H,25,29)(H,26,30)/t20-/m1/s1. The van der Waals surface area contributed by atoms with Crippen molar-refractivity contribution in [3.05, 3.63) is 53.8 Å². The van der Waals surface area contributed by atoms with Crippen LogP contribution in [0.2, 0.25) is 0 Å². The van der Waals surface area contributed by atoms with Gasteiger partial charge in [0.2, 0.25) is 5.91 Å². The van der Waals surface area contributed by atoms with Gasteiger partial charge < -0.3 is 20.7 Å². The monoisotopic (exact) mass is 462 g/mol. The van der Waals surface area contributed by atoms with Gasteiger partial charge in [-0.05, 0) is 54.7 Å². The fourth-order valence-electron chi connectivity index (χ4n) is 3.21. The molecule has 0 aromatic heterocycles. The fraction of sp³-hybridized carbons (Fsp3) is 0.318. The number of carbonyl (C=O) groups excluding carboxylic acids is 3. The van der Waals surface area contributed by atoms with E-state index in [1.54, 1.807) is 36.4 Å². The highest BCUT2D eigenvalue weighted by molar-refractivity contribution is 8.32. The lowest BCUT2D eigenvalue weighted by Crippen LogP contribution is -2.44. The van der Waals surface area contributed by atoms with Crippen LogP contribution in [0.15, 0.2) is 47.4 Å². The van der Waals surface area contributed by atoms with Crippen LogP contribution in [0.4, 0.5) is 14.9 Å². The number of anilines is 1. The number of rotatable bonds is 6. The highest BCUT2D eigenvalue weighted by Crippen LogP contribution is 2.46. The summed E-state index contributed by atoms with van der Waals surface area (Å²) in [6.45, 7) is -0.0337. The molecule has 1 aliphatic rings. The number of benzene rings is 2. The second kappa shape index (κ2) is 9.47. The Kier molecular flexibility index (Phi) is 6.93. The predicted octanol–water partition coefficient (Wildman–Crippen LogP) is 2.67. The van der Waals surface area contributed by atoms with Crippen LogP contribution in [0.25, 0.3) is 0 Å². The van der Waals surface area contributed by atoms with Crippen molar-refractivity contribution in [1.29, 1.82) is 0 Å².